The molecule has 0 spiro atoms. The van der Waals surface area contributed by atoms with E-state index >= 15 is 0 Å². The molecule has 1 heterocycles. The molecule has 1 amide bonds. The Hall–Kier alpha value is -1.67. The Morgan fingerprint density at radius 3 is 1.07 bits per heavy atom. The summed E-state index contributed by atoms with van der Waals surface area (Å²) in [5.41, 5.74) is 0. The molecular weight excluding hydrogens is 1040 g/mol. The minimum Gasteiger partial charge on any atom is -0.394 e. The molecule has 1 rings (SSSR count). The SMILES string of the molecule is CCCCCCCCCCCCCCCCCC/C=C/CC/C=C/CC/C=C/CCCC(O)C(O)C(COC1OC(CO)C(O)C(O)C1O)NC(=O)C(O)CCCCCCCCCCCCCCCCCCCCCCCCCCCCC. The van der Waals surface area contributed by atoms with E-state index < -0.39 is 74.2 Å². The number of ether oxygens (including phenoxy) is 2. The van der Waals surface area contributed by atoms with Crippen molar-refractivity contribution in [1.29, 1.82) is 0 Å². The number of unbranched alkanes of at least 4 members (excludes halogenated alkanes) is 45. The molecule has 9 unspecified atom stereocenters. The van der Waals surface area contributed by atoms with Crippen LogP contribution in [0.2, 0.25) is 0 Å². The molecule has 8 N–H and O–H groups in total. The van der Waals surface area contributed by atoms with Crippen LogP contribution in [0.15, 0.2) is 36.5 Å². The summed E-state index contributed by atoms with van der Waals surface area (Å²) in [5.74, 6) is -0.706. The smallest absolute Gasteiger partial charge is 0.249 e. The first kappa shape index (κ1) is 79.3. The molecule has 83 heavy (non-hydrogen) atoms. The normalized spacial score (nSPS) is 19.2. The molecule has 1 aliphatic heterocycles. The molecule has 0 radical (unpaired) electrons. The number of hydrogen-bond acceptors (Lipinski definition) is 10. The van der Waals surface area contributed by atoms with E-state index in [0.29, 0.717) is 19.3 Å². The molecule has 0 bridgehead atoms. The van der Waals surface area contributed by atoms with Crippen LogP contribution >= 0.6 is 0 Å². The summed E-state index contributed by atoms with van der Waals surface area (Å²) in [6.45, 7) is 3.49. The minimum atomic E-state index is -1.67. The Kier molecular flexibility index (Phi) is 57.9. The van der Waals surface area contributed by atoms with Gasteiger partial charge < -0.3 is 50.5 Å². The minimum absolute atomic E-state index is 0.243. The monoisotopic (exact) mass is 1180 g/mol. The van der Waals surface area contributed by atoms with Crippen LogP contribution in [0.5, 0.6) is 0 Å². The van der Waals surface area contributed by atoms with Crippen LogP contribution in [0.3, 0.4) is 0 Å². The Balaban J connectivity index is 2.23. The van der Waals surface area contributed by atoms with Gasteiger partial charge in [-0.15, -0.1) is 0 Å². The summed E-state index contributed by atoms with van der Waals surface area (Å²) in [6, 6.07) is -1.19. The van der Waals surface area contributed by atoms with Crippen molar-refractivity contribution in [3.63, 3.8) is 0 Å². The molecule has 11 nitrogen and oxygen atoms in total. The number of amides is 1. The van der Waals surface area contributed by atoms with Gasteiger partial charge in [0.2, 0.25) is 5.91 Å². The van der Waals surface area contributed by atoms with Crippen LogP contribution in [0, 0.1) is 0 Å². The second-order valence-electron chi connectivity index (χ2n) is 25.3. The maximum Gasteiger partial charge on any atom is 0.249 e. The van der Waals surface area contributed by atoms with Gasteiger partial charge in [-0.1, -0.05) is 320 Å². The number of allylic oxidation sites excluding steroid dienone is 6. The fraction of sp³-hybridized carbons (Fsp3) is 0.903. The average Bonchev–Trinajstić information content (AvgIpc) is 3.68. The van der Waals surface area contributed by atoms with Gasteiger partial charge in [0.1, 0.15) is 36.6 Å². The van der Waals surface area contributed by atoms with Gasteiger partial charge in [-0.05, 0) is 64.2 Å². The lowest BCUT2D eigenvalue weighted by Gasteiger charge is -2.40. The van der Waals surface area contributed by atoms with E-state index in [-0.39, 0.29) is 12.8 Å². The van der Waals surface area contributed by atoms with E-state index in [1.807, 2.05) is 0 Å². The lowest BCUT2D eigenvalue weighted by Crippen LogP contribution is -2.60. The predicted molar refractivity (Wildman–Crippen MR) is 349 cm³/mol. The number of aliphatic hydroxyl groups is 7. The van der Waals surface area contributed by atoms with Gasteiger partial charge in [0.25, 0.3) is 0 Å². The van der Waals surface area contributed by atoms with E-state index in [9.17, 15) is 40.5 Å². The average molecular weight is 1180 g/mol. The van der Waals surface area contributed by atoms with Crippen molar-refractivity contribution < 1.29 is 50.0 Å². The highest BCUT2D eigenvalue weighted by atomic mass is 16.7. The van der Waals surface area contributed by atoms with E-state index in [2.05, 4.69) is 55.6 Å². The van der Waals surface area contributed by atoms with Crippen LogP contribution in [0.1, 0.15) is 348 Å². The Labute approximate surface area is 511 Å². The second-order valence-corrected chi connectivity index (χ2v) is 25.3. The van der Waals surface area contributed by atoms with Crippen LogP contribution in [-0.2, 0) is 14.3 Å². The molecule has 0 saturated carbocycles. The van der Waals surface area contributed by atoms with Crippen LogP contribution in [0.4, 0.5) is 0 Å². The highest BCUT2D eigenvalue weighted by Gasteiger charge is 2.44. The first-order chi connectivity index (χ1) is 40.7. The van der Waals surface area contributed by atoms with Crippen molar-refractivity contribution in [1.82, 2.24) is 5.32 Å². The van der Waals surface area contributed by atoms with Crippen molar-refractivity contribution >= 4 is 5.91 Å². The summed E-state index contributed by atoms with van der Waals surface area (Å²) >= 11 is 0. The third-order valence-corrected chi connectivity index (χ3v) is 17.4. The molecule has 490 valence electrons. The molecule has 0 aromatic rings. The number of aliphatic hydroxyl groups excluding tert-OH is 7. The lowest BCUT2D eigenvalue weighted by atomic mass is 9.98. The zero-order valence-electron chi connectivity index (χ0n) is 54.2. The van der Waals surface area contributed by atoms with Crippen molar-refractivity contribution in [3.05, 3.63) is 36.5 Å². The van der Waals surface area contributed by atoms with Crippen LogP contribution in [-0.4, -0.2) is 110 Å². The Bertz CT molecular complexity index is 1440. The number of carbonyl (C=O) groups is 1. The van der Waals surface area contributed by atoms with Gasteiger partial charge >= 0.3 is 0 Å². The zero-order chi connectivity index (χ0) is 60.3. The maximum absolute atomic E-state index is 13.3. The topological polar surface area (TPSA) is 189 Å². The third kappa shape index (κ3) is 48.0. The molecular formula is C72H137NO10. The summed E-state index contributed by atoms with van der Waals surface area (Å²) in [4.78, 5) is 13.3. The second kappa shape index (κ2) is 60.6. The molecule has 0 aliphatic carbocycles. The largest absolute Gasteiger partial charge is 0.394 e. The van der Waals surface area contributed by atoms with Crippen LogP contribution in [0.25, 0.3) is 0 Å². The zero-order valence-corrected chi connectivity index (χ0v) is 54.2. The first-order valence-corrected chi connectivity index (χ1v) is 35.9. The van der Waals surface area contributed by atoms with Gasteiger partial charge in [0, 0.05) is 0 Å². The van der Waals surface area contributed by atoms with Crippen LogP contribution < -0.4 is 5.32 Å². The third-order valence-electron chi connectivity index (χ3n) is 17.4. The summed E-state index contributed by atoms with van der Waals surface area (Å²) in [5, 5.41) is 76.5. The number of hydrogen-bond donors (Lipinski definition) is 8. The van der Waals surface area contributed by atoms with Crippen molar-refractivity contribution in [2.45, 2.75) is 403 Å². The van der Waals surface area contributed by atoms with Gasteiger partial charge in [0.05, 0.1) is 25.4 Å². The summed E-state index contributed by atoms with van der Waals surface area (Å²) < 4.78 is 11.2. The number of carbonyl (C=O) groups excluding carboxylic acids is 1. The standard InChI is InChI=1S/C72H137NO10/c1-3-5-7-9-11-13-15-17-19-21-23-25-27-29-31-32-34-35-37-39-41-43-45-47-49-51-53-55-57-59-64(75)67(77)63(62-82-72-70(80)69(79)68(78)66(61-74)83-72)73-71(81)65(76)60-58-56-54-52-50-48-46-44-42-40-38-36-33-30-28-26-24-22-20-18-16-14-12-10-8-6-4-2/h35,37,43,45,51,53,63-70,72,74-80H,3-34,36,38-42,44,46-50,52,54-62H2,1-2H3,(H,73,81)/b37-35+,45-43+,53-51+. The highest BCUT2D eigenvalue weighted by molar-refractivity contribution is 5.80. The van der Waals surface area contributed by atoms with Crippen molar-refractivity contribution in [3.8, 4) is 0 Å². The molecule has 0 aromatic heterocycles. The van der Waals surface area contributed by atoms with Crippen molar-refractivity contribution in [2.75, 3.05) is 13.2 Å². The van der Waals surface area contributed by atoms with E-state index in [0.717, 1.165) is 44.9 Å². The predicted octanol–water partition coefficient (Wildman–Crippen LogP) is 17.4. The van der Waals surface area contributed by atoms with E-state index in [1.54, 1.807) is 0 Å². The number of nitrogens with one attached hydrogen (secondary N) is 1. The van der Waals surface area contributed by atoms with E-state index in [4.69, 9.17) is 9.47 Å². The van der Waals surface area contributed by atoms with E-state index in [1.165, 1.54) is 257 Å². The van der Waals surface area contributed by atoms with Gasteiger partial charge in [-0.25, -0.2) is 0 Å². The quantitative estimate of drug-likeness (QED) is 0.0215. The number of rotatable bonds is 63. The Morgan fingerprint density at radius 1 is 0.410 bits per heavy atom. The van der Waals surface area contributed by atoms with Crippen molar-refractivity contribution in [2.24, 2.45) is 0 Å². The lowest BCUT2D eigenvalue weighted by molar-refractivity contribution is -0.303. The molecule has 1 fully saturated rings. The Morgan fingerprint density at radius 2 is 0.723 bits per heavy atom. The molecule has 1 saturated heterocycles. The molecule has 11 heteroatoms. The van der Waals surface area contributed by atoms with Gasteiger partial charge in [-0.2, -0.15) is 0 Å². The van der Waals surface area contributed by atoms with Gasteiger partial charge in [0.15, 0.2) is 6.29 Å². The molecule has 1 aliphatic rings. The highest BCUT2D eigenvalue weighted by Crippen LogP contribution is 2.24. The first-order valence-electron chi connectivity index (χ1n) is 35.9. The fourth-order valence-electron chi connectivity index (χ4n) is 11.7. The summed E-state index contributed by atoms with van der Waals surface area (Å²) in [6.07, 6.45) is 66.7. The summed E-state index contributed by atoms with van der Waals surface area (Å²) in [7, 11) is 0. The van der Waals surface area contributed by atoms with Gasteiger partial charge in [-0.3, -0.25) is 4.79 Å². The molecule has 9 atom stereocenters. The fourth-order valence-corrected chi connectivity index (χ4v) is 11.7. The molecule has 0 aromatic carbocycles. The maximum atomic E-state index is 13.3.